The van der Waals surface area contributed by atoms with Gasteiger partial charge < -0.3 is 5.73 Å². The Kier molecular flexibility index (Phi) is 2.59. The van der Waals surface area contributed by atoms with Gasteiger partial charge >= 0.3 is 0 Å². The molecule has 2 N–H and O–H groups in total. The minimum atomic E-state index is -0.822. The van der Waals surface area contributed by atoms with Crippen molar-refractivity contribution in [2.75, 3.05) is 13.1 Å². The molecule has 11 heavy (non-hydrogen) atoms. The Morgan fingerprint density at radius 3 is 2.36 bits per heavy atom. The minimum absolute atomic E-state index is 0.595. The lowest BCUT2D eigenvalue weighted by Gasteiger charge is -2.17. The van der Waals surface area contributed by atoms with Gasteiger partial charge in [0.1, 0.15) is 0 Å². The molecule has 0 aromatic carbocycles. The summed E-state index contributed by atoms with van der Waals surface area (Å²) < 4.78 is 0. The summed E-state index contributed by atoms with van der Waals surface area (Å²) in [7, 11) is 0. The molecular formula is C7H11N2O2. The third kappa shape index (κ3) is 1.77. The van der Waals surface area contributed by atoms with Gasteiger partial charge in [0.15, 0.2) is 6.04 Å². The first-order chi connectivity index (χ1) is 5.25. The summed E-state index contributed by atoms with van der Waals surface area (Å²) >= 11 is 0. The first-order valence-corrected chi connectivity index (χ1v) is 3.66. The van der Waals surface area contributed by atoms with Gasteiger partial charge in [0.25, 0.3) is 0 Å². The molecule has 61 valence electrons. The van der Waals surface area contributed by atoms with E-state index in [1.165, 1.54) is 0 Å². The lowest BCUT2D eigenvalue weighted by Crippen LogP contribution is -2.44. The number of hydrogen-bond acceptors (Lipinski definition) is 3. The molecule has 0 bridgehead atoms. The SMILES string of the molecule is NC(=O)C([C]=O)N1CCCC1. The molecule has 0 saturated carbocycles. The van der Waals surface area contributed by atoms with Crippen LogP contribution in [0.1, 0.15) is 12.8 Å². The standard InChI is InChI=1S/C7H11N2O2/c8-7(11)6(5-10)9-3-1-2-4-9/h6H,1-4H2,(H2,8,11). The summed E-state index contributed by atoms with van der Waals surface area (Å²) in [5.41, 5.74) is 4.98. The van der Waals surface area contributed by atoms with Crippen LogP contribution in [0, 0.1) is 0 Å². The Balaban J connectivity index is 2.53. The summed E-state index contributed by atoms with van der Waals surface area (Å²) in [6.45, 7) is 1.56. The van der Waals surface area contributed by atoms with Crippen LogP contribution in [0.15, 0.2) is 0 Å². The zero-order valence-corrected chi connectivity index (χ0v) is 6.25. The Labute approximate surface area is 65.3 Å². The molecule has 4 heteroatoms. The highest BCUT2D eigenvalue weighted by atomic mass is 16.2. The molecular weight excluding hydrogens is 144 g/mol. The number of carbonyl (C=O) groups is 1. The van der Waals surface area contributed by atoms with Gasteiger partial charge in [-0.05, 0) is 25.9 Å². The van der Waals surface area contributed by atoms with Crippen molar-refractivity contribution < 1.29 is 9.59 Å². The zero-order chi connectivity index (χ0) is 8.27. The van der Waals surface area contributed by atoms with E-state index in [2.05, 4.69) is 0 Å². The lowest BCUT2D eigenvalue weighted by atomic mass is 10.3. The van der Waals surface area contributed by atoms with Gasteiger partial charge in [-0.2, -0.15) is 0 Å². The van der Waals surface area contributed by atoms with Gasteiger partial charge in [0, 0.05) is 0 Å². The molecule has 0 spiro atoms. The predicted molar refractivity (Wildman–Crippen MR) is 39.5 cm³/mol. The molecule has 1 heterocycles. The molecule has 1 radical (unpaired) electrons. The quantitative estimate of drug-likeness (QED) is 0.534. The molecule has 1 fully saturated rings. The number of nitrogens with two attached hydrogens (primary N) is 1. The Morgan fingerprint density at radius 2 is 2.00 bits per heavy atom. The molecule has 0 aliphatic carbocycles. The van der Waals surface area contributed by atoms with Crippen LogP contribution in [-0.4, -0.2) is 36.2 Å². The third-order valence-corrected chi connectivity index (χ3v) is 1.89. The van der Waals surface area contributed by atoms with Crippen molar-refractivity contribution in [2.45, 2.75) is 18.9 Å². The van der Waals surface area contributed by atoms with Gasteiger partial charge in [-0.1, -0.05) is 0 Å². The summed E-state index contributed by atoms with van der Waals surface area (Å²) in [4.78, 5) is 22.7. The molecule has 4 nitrogen and oxygen atoms in total. The van der Waals surface area contributed by atoms with Crippen LogP contribution in [0.25, 0.3) is 0 Å². The Hall–Kier alpha value is -0.900. The number of rotatable bonds is 3. The predicted octanol–water partition coefficient (Wildman–Crippen LogP) is -0.954. The maximum atomic E-state index is 10.6. The number of carbonyl (C=O) groups excluding carboxylic acids is 2. The van der Waals surface area contributed by atoms with E-state index in [-0.39, 0.29) is 0 Å². The van der Waals surface area contributed by atoms with Crippen LogP contribution in [0.4, 0.5) is 0 Å². The highest BCUT2D eigenvalue weighted by Gasteiger charge is 2.26. The lowest BCUT2D eigenvalue weighted by molar-refractivity contribution is -0.120. The maximum Gasteiger partial charge on any atom is 0.243 e. The van der Waals surface area contributed by atoms with E-state index in [0.29, 0.717) is 0 Å². The van der Waals surface area contributed by atoms with Crippen molar-refractivity contribution in [3.63, 3.8) is 0 Å². The molecule has 1 rings (SSSR count). The van der Waals surface area contributed by atoms with Gasteiger partial charge in [-0.15, -0.1) is 0 Å². The average molecular weight is 155 g/mol. The summed E-state index contributed by atoms with van der Waals surface area (Å²) in [6.07, 6.45) is 3.71. The monoisotopic (exact) mass is 155 g/mol. The first kappa shape index (κ1) is 8.20. The van der Waals surface area contributed by atoms with Crippen molar-refractivity contribution in [1.29, 1.82) is 0 Å². The smallest absolute Gasteiger partial charge is 0.243 e. The van der Waals surface area contributed by atoms with Gasteiger partial charge in [-0.25, -0.2) is 0 Å². The summed E-state index contributed by atoms with van der Waals surface area (Å²) in [5, 5.41) is 0. The second-order valence-electron chi connectivity index (χ2n) is 2.67. The van der Waals surface area contributed by atoms with E-state index in [1.54, 1.807) is 11.2 Å². The second-order valence-corrected chi connectivity index (χ2v) is 2.67. The third-order valence-electron chi connectivity index (χ3n) is 1.89. The highest BCUT2D eigenvalue weighted by molar-refractivity contribution is 5.94. The van der Waals surface area contributed by atoms with Crippen LogP contribution in [0.3, 0.4) is 0 Å². The van der Waals surface area contributed by atoms with Crippen LogP contribution in [0.2, 0.25) is 0 Å². The van der Waals surface area contributed by atoms with Gasteiger partial charge in [-0.3, -0.25) is 14.5 Å². The van der Waals surface area contributed by atoms with Crippen molar-refractivity contribution in [3.8, 4) is 0 Å². The molecule has 1 aliphatic heterocycles. The molecule has 1 unspecified atom stereocenters. The van der Waals surface area contributed by atoms with Crippen molar-refractivity contribution in [2.24, 2.45) is 5.73 Å². The van der Waals surface area contributed by atoms with Crippen molar-refractivity contribution >= 4 is 12.2 Å². The Bertz CT molecular complexity index is 164. The maximum absolute atomic E-state index is 10.6. The number of primary amides is 1. The zero-order valence-electron chi connectivity index (χ0n) is 6.25. The fourth-order valence-corrected chi connectivity index (χ4v) is 1.31. The van der Waals surface area contributed by atoms with Crippen LogP contribution >= 0.6 is 0 Å². The van der Waals surface area contributed by atoms with E-state index in [4.69, 9.17) is 5.73 Å². The number of hydrogen-bond donors (Lipinski definition) is 1. The second kappa shape index (κ2) is 3.48. The number of likely N-dealkylation sites (tertiary alicyclic amines) is 1. The van der Waals surface area contributed by atoms with Crippen LogP contribution in [-0.2, 0) is 9.59 Å². The molecule has 1 aliphatic rings. The fourth-order valence-electron chi connectivity index (χ4n) is 1.31. The van der Waals surface area contributed by atoms with Crippen molar-refractivity contribution in [1.82, 2.24) is 4.90 Å². The summed E-state index contributed by atoms with van der Waals surface area (Å²) in [5.74, 6) is -0.595. The van der Waals surface area contributed by atoms with Crippen LogP contribution in [0.5, 0.6) is 0 Å². The molecule has 1 atom stereocenters. The Morgan fingerprint density at radius 1 is 1.45 bits per heavy atom. The van der Waals surface area contributed by atoms with Gasteiger partial charge in [0.2, 0.25) is 12.2 Å². The number of nitrogens with zero attached hydrogens (tertiary/aromatic N) is 1. The average Bonchev–Trinajstić information content (AvgIpc) is 2.40. The molecule has 1 amide bonds. The van der Waals surface area contributed by atoms with Crippen molar-refractivity contribution in [3.05, 3.63) is 0 Å². The van der Waals surface area contributed by atoms with E-state index in [9.17, 15) is 9.59 Å². The summed E-state index contributed by atoms with van der Waals surface area (Å²) in [6, 6.07) is -0.822. The number of amides is 1. The minimum Gasteiger partial charge on any atom is -0.368 e. The van der Waals surface area contributed by atoms with Crippen LogP contribution < -0.4 is 5.73 Å². The topological polar surface area (TPSA) is 63.4 Å². The normalized spacial score (nSPS) is 21.5. The molecule has 0 aromatic heterocycles. The highest BCUT2D eigenvalue weighted by Crippen LogP contribution is 2.09. The van der Waals surface area contributed by atoms with E-state index in [1.807, 2.05) is 0 Å². The fraction of sp³-hybridized carbons (Fsp3) is 0.714. The van der Waals surface area contributed by atoms with E-state index < -0.39 is 11.9 Å². The molecule has 1 saturated heterocycles. The van der Waals surface area contributed by atoms with Gasteiger partial charge in [0.05, 0.1) is 0 Å². The largest absolute Gasteiger partial charge is 0.368 e. The molecule has 0 aromatic rings. The van der Waals surface area contributed by atoms with E-state index >= 15 is 0 Å². The first-order valence-electron chi connectivity index (χ1n) is 3.66. The van der Waals surface area contributed by atoms with E-state index in [0.717, 1.165) is 25.9 Å².